The van der Waals surface area contributed by atoms with Crippen molar-refractivity contribution in [3.05, 3.63) is 53.6 Å². The molecule has 0 aliphatic carbocycles. The zero-order valence-corrected chi connectivity index (χ0v) is 21.2. The molecule has 38 heavy (non-hydrogen) atoms. The molecular formula is C24H23F3N4O6S. The van der Waals surface area contributed by atoms with Crippen molar-refractivity contribution in [1.29, 1.82) is 5.41 Å². The van der Waals surface area contributed by atoms with E-state index in [-0.39, 0.29) is 23.7 Å². The minimum Gasteiger partial charge on any atom is -0.468 e. The summed E-state index contributed by atoms with van der Waals surface area (Å²) in [6.45, 7) is 0.260. The molecule has 202 valence electrons. The van der Waals surface area contributed by atoms with E-state index < -0.39 is 36.1 Å². The van der Waals surface area contributed by atoms with Crippen molar-refractivity contribution in [2.24, 2.45) is 11.1 Å². The molecule has 0 spiro atoms. The topological polar surface area (TPSA) is 145 Å². The van der Waals surface area contributed by atoms with Crippen LogP contribution < -0.4 is 15.4 Å². The Hall–Kier alpha value is -4.20. The lowest BCUT2D eigenvalue weighted by atomic mass is 9.91. The van der Waals surface area contributed by atoms with E-state index in [4.69, 9.17) is 20.6 Å². The van der Waals surface area contributed by atoms with Gasteiger partial charge in [0.15, 0.2) is 5.13 Å². The number of hydrogen-bond acceptors (Lipinski definition) is 10. The van der Waals surface area contributed by atoms with Gasteiger partial charge in [0, 0.05) is 19.2 Å². The predicted molar refractivity (Wildman–Crippen MR) is 132 cm³/mol. The lowest BCUT2D eigenvalue weighted by molar-refractivity contribution is -0.203. The molecule has 10 nitrogen and oxygen atoms in total. The number of methoxy groups -OCH3 is 1. The van der Waals surface area contributed by atoms with Crippen LogP contribution in [0, 0.1) is 10.8 Å². The SMILES string of the molecule is COC(=O)C(C)(COC(=O)C(F)(F)F)CN(C)c1nc2ccc(C(=O)Oc3ccc(C(=N)N)cc3)cc2s1. The first-order valence-corrected chi connectivity index (χ1v) is 11.7. The van der Waals surface area contributed by atoms with Crippen LogP contribution >= 0.6 is 11.3 Å². The van der Waals surface area contributed by atoms with Crippen LogP contribution in [0.3, 0.4) is 0 Å². The molecule has 1 aromatic heterocycles. The van der Waals surface area contributed by atoms with E-state index in [1.807, 2.05) is 0 Å². The van der Waals surface area contributed by atoms with Gasteiger partial charge in [-0.2, -0.15) is 13.2 Å². The highest BCUT2D eigenvalue weighted by molar-refractivity contribution is 7.22. The largest absolute Gasteiger partial charge is 0.490 e. The zero-order chi connectivity index (χ0) is 28.3. The number of esters is 3. The van der Waals surface area contributed by atoms with E-state index in [9.17, 15) is 27.6 Å². The number of carbonyl (C=O) groups is 3. The second kappa shape index (κ2) is 11.0. The van der Waals surface area contributed by atoms with Crippen LogP contribution in [0.2, 0.25) is 0 Å². The number of hydrogen-bond donors (Lipinski definition) is 2. The Morgan fingerprint density at radius 3 is 2.29 bits per heavy atom. The third kappa shape index (κ3) is 6.56. The number of nitrogens with one attached hydrogen (secondary N) is 1. The van der Waals surface area contributed by atoms with Crippen molar-refractivity contribution in [3.8, 4) is 5.75 Å². The van der Waals surface area contributed by atoms with E-state index in [2.05, 4.69) is 9.72 Å². The third-order valence-corrected chi connectivity index (χ3v) is 6.47. The second-order valence-electron chi connectivity index (χ2n) is 8.49. The van der Waals surface area contributed by atoms with Crippen molar-refractivity contribution in [2.75, 3.05) is 32.2 Å². The van der Waals surface area contributed by atoms with Gasteiger partial charge in [0.05, 0.1) is 22.9 Å². The molecular weight excluding hydrogens is 529 g/mol. The summed E-state index contributed by atoms with van der Waals surface area (Å²) in [6.07, 6.45) is -5.20. The minimum absolute atomic E-state index is 0.117. The quantitative estimate of drug-likeness (QED) is 0.176. The number of carbonyl (C=O) groups excluding carboxylic acids is 3. The van der Waals surface area contributed by atoms with Crippen molar-refractivity contribution in [1.82, 2.24) is 4.98 Å². The maximum absolute atomic E-state index is 12.6. The average molecular weight is 553 g/mol. The maximum atomic E-state index is 12.6. The van der Waals surface area contributed by atoms with Gasteiger partial charge >= 0.3 is 24.1 Å². The van der Waals surface area contributed by atoms with Gasteiger partial charge in [0.2, 0.25) is 0 Å². The summed E-state index contributed by atoms with van der Waals surface area (Å²) in [4.78, 5) is 42.1. The first-order chi connectivity index (χ1) is 17.7. The molecule has 0 bridgehead atoms. The molecule has 3 aromatic rings. The molecule has 0 saturated carbocycles. The number of benzene rings is 2. The molecule has 3 N–H and O–H groups in total. The molecule has 0 aliphatic rings. The van der Waals surface area contributed by atoms with Gasteiger partial charge in [0.1, 0.15) is 23.6 Å². The normalized spacial score (nSPS) is 12.9. The molecule has 0 fully saturated rings. The van der Waals surface area contributed by atoms with Crippen LogP contribution in [0.1, 0.15) is 22.8 Å². The van der Waals surface area contributed by atoms with Crippen molar-refractivity contribution < 1.29 is 41.8 Å². The van der Waals surface area contributed by atoms with Gasteiger partial charge < -0.3 is 24.8 Å². The highest BCUT2D eigenvalue weighted by Crippen LogP contribution is 2.32. The van der Waals surface area contributed by atoms with Gasteiger partial charge in [-0.25, -0.2) is 14.6 Å². The second-order valence-corrected chi connectivity index (χ2v) is 9.50. The van der Waals surface area contributed by atoms with Crippen LogP contribution in [0.5, 0.6) is 5.75 Å². The summed E-state index contributed by atoms with van der Waals surface area (Å²) < 4.78 is 52.7. The molecule has 3 rings (SSSR count). The Morgan fingerprint density at radius 2 is 1.71 bits per heavy atom. The van der Waals surface area contributed by atoms with Gasteiger partial charge in [0.25, 0.3) is 0 Å². The summed E-state index contributed by atoms with van der Waals surface area (Å²) in [5.41, 5.74) is 5.04. The van der Waals surface area contributed by atoms with Gasteiger partial charge in [-0.3, -0.25) is 10.2 Å². The maximum Gasteiger partial charge on any atom is 0.490 e. The van der Waals surface area contributed by atoms with E-state index in [1.54, 1.807) is 31.3 Å². The fourth-order valence-corrected chi connectivity index (χ4v) is 4.35. The summed E-state index contributed by atoms with van der Waals surface area (Å²) in [7, 11) is 2.63. The summed E-state index contributed by atoms with van der Waals surface area (Å²) in [5.74, 6) is -3.77. The van der Waals surface area contributed by atoms with Crippen LogP contribution in [0.25, 0.3) is 10.2 Å². The first kappa shape index (κ1) is 28.4. The minimum atomic E-state index is -5.20. The number of anilines is 1. The predicted octanol–water partition coefficient (Wildman–Crippen LogP) is 3.52. The fraction of sp³-hybridized carbons (Fsp3) is 0.292. The fourth-order valence-electron chi connectivity index (χ4n) is 3.38. The number of ether oxygens (including phenoxy) is 3. The number of nitrogens with two attached hydrogens (primary N) is 1. The van der Waals surface area contributed by atoms with E-state index >= 15 is 0 Å². The van der Waals surface area contributed by atoms with E-state index in [1.165, 1.54) is 41.4 Å². The molecule has 1 unspecified atom stereocenters. The number of halogens is 3. The molecule has 14 heteroatoms. The van der Waals surface area contributed by atoms with E-state index in [0.717, 1.165) is 7.11 Å². The summed E-state index contributed by atoms with van der Waals surface area (Å²) in [5, 5.41) is 7.80. The Bertz CT molecular complexity index is 1380. The summed E-state index contributed by atoms with van der Waals surface area (Å²) in [6, 6.07) is 10.8. The highest BCUT2D eigenvalue weighted by Gasteiger charge is 2.44. The van der Waals surface area contributed by atoms with Gasteiger partial charge in [-0.05, 0) is 49.4 Å². The number of alkyl halides is 3. The molecule has 2 aromatic carbocycles. The monoisotopic (exact) mass is 552 g/mol. The van der Waals surface area contributed by atoms with Crippen LogP contribution in [0.15, 0.2) is 42.5 Å². The highest BCUT2D eigenvalue weighted by atomic mass is 32.1. The number of fused-ring (bicyclic) bond motifs is 1. The molecule has 1 atom stereocenters. The van der Waals surface area contributed by atoms with Gasteiger partial charge in [-0.1, -0.05) is 11.3 Å². The Kier molecular flexibility index (Phi) is 8.25. The van der Waals surface area contributed by atoms with Crippen LogP contribution in [-0.2, 0) is 19.1 Å². The average Bonchev–Trinajstić information content (AvgIpc) is 3.30. The number of nitrogen functional groups attached to an aromatic ring is 1. The first-order valence-electron chi connectivity index (χ1n) is 10.8. The van der Waals surface area contributed by atoms with Crippen molar-refractivity contribution in [3.63, 3.8) is 0 Å². The number of rotatable bonds is 9. The van der Waals surface area contributed by atoms with Crippen molar-refractivity contribution in [2.45, 2.75) is 13.1 Å². The molecule has 0 radical (unpaired) electrons. The lowest BCUT2D eigenvalue weighted by Gasteiger charge is -2.30. The lowest BCUT2D eigenvalue weighted by Crippen LogP contribution is -2.45. The van der Waals surface area contributed by atoms with Gasteiger partial charge in [-0.15, -0.1) is 0 Å². The molecule has 0 aliphatic heterocycles. The molecule has 1 heterocycles. The Balaban J connectivity index is 1.76. The number of aromatic nitrogens is 1. The smallest absolute Gasteiger partial charge is 0.468 e. The number of nitrogens with zero attached hydrogens (tertiary/aromatic N) is 2. The Morgan fingerprint density at radius 1 is 1.08 bits per heavy atom. The van der Waals surface area contributed by atoms with E-state index in [0.29, 0.717) is 20.9 Å². The standard InChI is InChI=1S/C24H23F3N4O6S/c1-23(20(33)35-3,12-36-21(34)24(25,26)27)11-31(2)22-30-16-9-6-14(10-17(16)38-22)19(32)37-15-7-4-13(5-8-15)18(28)29/h4-10H,11-12H2,1-3H3,(H3,28,29). The molecule has 0 amide bonds. The third-order valence-electron chi connectivity index (χ3n) is 5.33. The summed E-state index contributed by atoms with van der Waals surface area (Å²) >= 11 is 1.17. The van der Waals surface area contributed by atoms with Crippen LogP contribution in [0.4, 0.5) is 18.3 Å². The van der Waals surface area contributed by atoms with Crippen LogP contribution in [-0.4, -0.2) is 62.2 Å². The molecule has 0 saturated heterocycles. The van der Waals surface area contributed by atoms with Crippen molar-refractivity contribution >= 4 is 50.4 Å². The number of amidine groups is 1. The zero-order valence-electron chi connectivity index (χ0n) is 20.4. The number of thiazole rings is 1. The Labute approximate surface area is 218 Å².